The molecule has 16 aromatic rings. The fourth-order valence-corrected chi connectivity index (χ4v) is 12.0. The van der Waals surface area contributed by atoms with Gasteiger partial charge in [0.1, 0.15) is 22.3 Å². The first-order chi connectivity index (χ1) is 42.6. The first-order valence-electron chi connectivity index (χ1n) is 28.9. The molecule has 0 spiro atoms. The molecule has 0 fully saturated rings. The number of aromatic nitrogens is 4. The van der Waals surface area contributed by atoms with Crippen LogP contribution < -0.4 is 0 Å². The summed E-state index contributed by atoms with van der Waals surface area (Å²) in [7, 11) is 0. The third kappa shape index (κ3) is 9.38. The van der Waals surface area contributed by atoms with Gasteiger partial charge >= 0.3 is 0 Å². The van der Waals surface area contributed by atoms with Crippen LogP contribution in [0.5, 0.6) is 0 Å². The van der Waals surface area contributed by atoms with Gasteiger partial charge in [-0.3, -0.25) is 0 Å². The first kappa shape index (κ1) is 50.2. The van der Waals surface area contributed by atoms with E-state index in [4.69, 9.17) is 28.8 Å². The highest BCUT2D eigenvalue weighted by Crippen LogP contribution is 2.43. The molecule has 6 heteroatoms. The molecule has 0 unspecified atom stereocenters. The molecule has 4 heterocycles. The second-order valence-corrected chi connectivity index (χ2v) is 21.7. The molecule has 16 rings (SSSR count). The summed E-state index contributed by atoms with van der Waals surface area (Å²) in [6, 6.07) is 106. The normalized spacial score (nSPS) is 11.5. The summed E-state index contributed by atoms with van der Waals surface area (Å²) in [4.78, 5) is 20.5. The van der Waals surface area contributed by atoms with E-state index in [2.05, 4.69) is 243 Å². The number of para-hydroxylation sites is 2. The maximum absolute atomic E-state index is 6.84. The van der Waals surface area contributed by atoms with Crippen molar-refractivity contribution in [3.05, 3.63) is 303 Å². The Balaban J connectivity index is 0.686. The van der Waals surface area contributed by atoms with Crippen LogP contribution in [0.15, 0.2) is 312 Å². The van der Waals surface area contributed by atoms with Crippen LogP contribution in [0.25, 0.3) is 167 Å². The Kier molecular flexibility index (Phi) is 12.4. The van der Waals surface area contributed by atoms with E-state index < -0.39 is 0 Å². The van der Waals surface area contributed by atoms with Gasteiger partial charge in [-0.15, -0.1) is 0 Å². The third-order valence-electron chi connectivity index (χ3n) is 16.4. The SMILES string of the molecule is c1ccc(-c2ccc(-c3cc(-c4ccc(-c5cccc6c5oc5cccc(-c7cccc(-c8ccc(-c9cc(-c%10ccc(-c%11ccc%12c(c%11)oc%11ccccc%11%12)cc%10)nc(-c%10ccccc%10)n9)cc8)c7)c56)cc4)nc(-c4ccccc4)n3)cc2)cc1. The van der Waals surface area contributed by atoms with Crippen LogP contribution in [0.3, 0.4) is 0 Å². The van der Waals surface area contributed by atoms with E-state index in [1.807, 2.05) is 60.7 Å². The first-order valence-corrected chi connectivity index (χ1v) is 28.9. The zero-order chi connectivity index (χ0) is 56.9. The van der Waals surface area contributed by atoms with Gasteiger partial charge in [-0.05, 0) is 92.5 Å². The summed E-state index contributed by atoms with van der Waals surface area (Å²) in [6.07, 6.45) is 0. The van der Waals surface area contributed by atoms with Gasteiger partial charge in [0.05, 0.1) is 22.8 Å². The molecule has 0 radical (unpaired) electrons. The average molecular weight is 1100 g/mol. The molecule has 0 aliphatic carbocycles. The lowest BCUT2D eigenvalue weighted by Crippen LogP contribution is -1.96. The molecular weight excluding hydrogens is 1050 g/mol. The summed E-state index contributed by atoms with van der Waals surface area (Å²) >= 11 is 0. The second kappa shape index (κ2) is 21.3. The quantitative estimate of drug-likeness (QED) is 0.128. The Morgan fingerprint density at radius 2 is 0.570 bits per heavy atom. The molecule has 12 aromatic carbocycles. The number of fused-ring (bicyclic) bond motifs is 6. The topological polar surface area (TPSA) is 77.8 Å². The van der Waals surface area contributed by atoms with E-state index in [-0.39, 0.29) is 0 Å². The van der Waals surface area contributed by atoms with Gasteiger partial charge in [-0.25, -0.2) is 19.9 Å². The Hall–Kier alpha value is -11.6. The fourth-order valence-electron chi connectivity index (χ4n) is 12.0. The van der Waals surface area contributed by atoms with Crippen molar-refractivity contribution in [2.75, 3.05) is 0 Å². The molecule has 4 aromatic heterocycles. The smallest absolute Gasteiger partial charge is 0.160 e. The van der Waals surface area contributed by atoms with Crippen molar-refractivity contribution in [3.63, 3.8) is 0 Å². The molecule has 0 aliphatic heterocycles. The zero-order valence-electron chi connectivity index (χ0n) is 46.5. The average Bonchev–Trinajstić information content (AvgIpc) is 4.04. The molecular formula is C80H50N4O2. The highest BCUT2D eigenvalue weighted by molar-refractivity contribution is 6.15. The van der Waals surface area contributed by atoms with E-state index in [0.29, 0.717) is 11.6 Å². The molecule has 0 saturated carbocycles. The Morgan fingerprint density at radius 1 is 0.198 bits per heavy atom. The molecule has 0 N–H and O–H groups in total. The predicted molar refractivity (Wildman–Crippen MR) is 352 cm³/mol. The molecule has 402 valence electrons. The van der Waals surface area contributed by atoms with E-state index in [1.54, 1.807) is 0 Å². The monoisotopic (exact) mass is 1100 g/mol. The van der Waals surface area contributed by atoms with Gasteiger partial charge in [0.25, 0.3) is 0 Å². The molecule has 6 nitrogen and oxygen atoms in total. The van der Waals surface area contributed by atoms with Gasteiger partial charge in [-0.2, -0.15) is 0 Å². The van der Waals surface area contributed by atoms with Crippen LogP contribution in [-0.2, 0) is 0 Å². The van der Waals surface area contributed by atoms with Crippen molar-refractivity contribution in [2.45, 2.75) is 0 Å². The number of benzene rings is 12. The summed E-state index contributed by atoms with van der Waals surface area (Å²) in [5.41, 5.74) is 23.9. The van der Waals surface area contributed by atoms with E-state index in [9.17, 15) is 0 Å². The molecule has 0 bridgehead atoms. The number of nitrogens with zero attached hydrogens (tertiary/aromatic N) is 4. The number of hydrogen-bond donors (Lipinski definition) is 0. The highest BCUT2D eigenvalue weighted by Gasteiger charge is 2.19. The third-order valence-corrected chi connectivity index (χ3v) is 16.4. The van der Waals surface area contributed by atoms with Gasteiger partial charge in [0.15, 0.2) is 11.6 Å². The van der Waals surface area contributed by atoms with Gasteiger partial charge in [0, 0.05) is 60.5 Å². The second-order valence-electron chi connectivity index (χ2n) is 21.7. The van der Waals surface area contributed by atoms with Crippen molar-refractivity contribution >= 4 is 43.9 Å². The lowest BCUT2D eigenvalue weighted by Gasteiger charge is -2.11. The van der Waals surface area contributed by atoms with Crippen LogP contribution in [0.2, 0.25) is 0 Å². The van der Waals surface area contributed by atoms with Crippen molar-refractivity contribution in [1.82, 2.24) is 19.9 Å². The number of rotatable bonds is 11. The van der Waals surface area contributed by atoms with Crippen LogP contribution >= 0.6 is 0 Å². The fraction of sp³-hybridized carbons (Fsp3) is 0. The number of hydrogen-bond acceptors (Lipinski definition) is 6. The molecule has 0 aliphatic rings. The minimum absolute atomic E-state index is 0.674. The van der Waals surface area contributed by atoms with Gasteiger partial charge < -0.3 is 8.83 Å². The minimum Gasteiger partial charge on any atom is -0.456 e. The van der Waals surface area contributed by atoms with Crippen LogP contribution in [-0.4, -0.2) is 19.9 Å². The van der Waals surface area contributed by atoms with E-state index in [1.165, 1.54) is 5.56 Å². The lowest BCUT2D eigenvalue weighted by molar-refractivity contribution is 0.669. The molecule has 0 saturated heterocycles. The summed E-state index contributed by atoms with van der Waals surface area (Å²) in [5.74, 6) is 1.35. The van der Waals surface area contributed by atoms with E-state index >= 15 is 0 Å². The molecule has 0 atom stereocenters. The van der Waals surface area contributed by atoms with Gasteiger partial charge in [-0.1, -0.05) is 261 Å². The summed E-state index contributed by atoms with van der Waals surface area (Å²) in [5, 5.41) is 4.39. The Labute approximate surface area is 496 Å². The van der Waals surface area contributed by atoms with Crippen LogP contribution in [0, 0.1) is 0 Å². The van der Waals surface area contributed by atoms with Crippen molar-refractivity contribution in [3.8, 4) is 123 Å². The maximum Gasteiger partial charge on any atom is 0.160 e. The van der Waals surface area contributed by atoms with Crippen LogP contribution in [0.1, 0.15) is 0 Å². The van der Waals surface area contributed by atoms with Crippen molar-refractivity contribution < 1.29 is 8.83 Å². The lowest BCUT2D eigenvalue weighted by atomic mass is 9.94. The minimum atomic E-state index is 0.674. The standard InChI is InChI=1S/C80H50N4O2/c1-4-15-51(16-5-1)52-29-37-56(38-30-52)70-50-73(84-80(81-70)61-19-8-3-9-20-61)59-43-35-55(36-44-59)66-25-13-26-69-77-65(24-14-28-75(77)86-78(66)69)64-22-12-21-62(47-64)53-31-39-57(40-32-53)71-49-72(83-79(82-71)60-17-6-2-7-18-60)58-41-33-54(34-42-58)63-45-46-68-67-23-10-11-27-74(67)85-76(68)48-63/h1-50H. The highest BCUT2D eigenvalue weighted by atomic mass is 16.3. The maximum atomic E-state index is 6.84. The van der Waals surface area contributed by atoms with Gasteiger partial charge in [0.2, 0.25) is 0 Å². The van der Waals surface area contributed by atoms with Crippen LogP contribution in [0.4, 0.5) is 0 Å². The Bertz CT molecular complexity index is 5170. The van der Waals surface area contributed by atoms with Crippen molar-refractivity contribution in [2.24, 2.45) is 0 Å². The zero-order valence-corrected chi connectivity index (χ0v) is 46.5. The summed E-state index contributed by atoms with van der Waals surface area (Å²) < 4.78 is 13.1. The Morgan fingerprint density at radius 3 is 1.14 bits per heavy atom. The van der Waals surface area contributed by atoms with E-state index in [0.717, 1.165) is 150 Å². The summed E-state index contributed by atoms with van der Waals surface area (Å²) in [6.45, 7) is 0. The predicted octanol–water partition coefficient (Wildman–Crippen LogP) is 21.4. The molecule has 0 amide bonds. The number of furan rings is 2. The molecule has 86 heavy (non-hydrogen) atoms. The largest absolute Gasteiger partial charge is 0.456 e. The van der Waals surface area contributed by atoms with Crippen molar-refractivity contribution in [1.29, 1.82) is 0 Å².